The normalized spacial score (nSPS) is 10.3. The van der Waals surface area contributed by atoms with Crippen molar-refractivity contribution in [1.82, 2.24) is 9.97 Å². The third-order valence-corrected chi connectivity index (χ3v) is 5.38. The zero-order chi connectivity index (χ0) is 25.5. The van der Waals surface area contributed by atoms with Crippen LogP contribution < -0.4 is 30.2 Å². The van der Waals surface area contributed by atoms with E-state index in [1.807, 2.05) is 55.5 Å². The molecular formula is C27H27N5O4. The molecule has 3 N–H and O–H groups in total. The van der Waals surface area contributed by atoms with E-state index in [2.05, 4.69) is 25.9 Å². The summed E-state index contributed by atoms with van der Waals surface area (Å²) >= 11 is 0. The monoisotopic (exact) mass is 485 g/mol. The molecule has 1 aromatic heterocycles. The Hall–Kier alpha value is -4.79. The number of hydrogen-bond acceptors (Lipinski definition) is 8. The summed E-state index contributed by atoms with van der Waals surface area (Å²) in [6, 6.07) is 21.7. The molecule has 0 fully saturated rings. The molecule has 0 unspecified atom stereocenters. The maximum absolute atomic E-state index is 13.0. The first kappa shape index (κ1) is 24.3. The molecular weight excluding hydrogens is 458 g/mol. The Labute approximate surface area is 209 Å². The topological polar surface area (TPSA) is 107 Å². The van der Waals surface area contributed by atoms with Gasteiger partial charge >= 0.3 is 0 Å². The van der Waals surface area contributed by atoms with Gasteiger partial charge in [-0.2, -0.15) is 4.98 Å². The highest BCUT2D eigenvalue weighted by atomic mass is 16.5. The second kappa shape index (κ2) is 11.1. The number of methoxy groups -OCH3 is 3. The number of anilines is 5. The fourth-order valence-corrected chi connectivity index (χ4v) is 3.41. The fraction of sp³-hybridized carbons (Fsp3) is 0.148. The molecule has 0 atom stereocenters. The zero-order valence-electron chi connectivity index (χ0n) is 20.5. The molecule has 0 aliphatic carbocycles. The van der Waals surface area contributed by atoms with Crippen molar-refractivity contribution in [3.63, 3.8) is 0 Å². The van der Waals surface area contributed by atoms with E-state index in [-0.39, 0.29) is 5.91 Å². The average Bonchev–Trinajstić information content (AvgIpc) is 2.91. The predicted molar refractivity (Wildman–Crippen MR) is 140 cm³/mol. The van der Waals surface area contributed by atoms with Crippen LogP contribution >= 0.6 is 0 Å². The van der Waals surface area contributed by atoms with E-state index in [0.29, 0.717) is 34.5 Å². The van der Waals surface area contributed by atoms with Gasteiger partial charge in [0.15, 0.2) is 5.82 Å². The fourth-order valence-electron chi connectivity index (χ4n) is 3.41. The van der Waals surface area contributed by atoms with Crippen LogP contribution in [0.4, 0.5) is 28.8 Å². The molecule has 0 radical (unpaired) electrons. The van der Waals surface area contributed by atoms with Gasteiger partial charge in [0.05, 0.1) is 27.0 Å². The van der Waals surface area contributed by atoms with Gasteiger partial charge in [0.1, 0.15) is 22.9 Å². The number of carbonyl (C=O) groups excluding carboxylic acids is 1. The molecule has 9 nitrogen and oxygen atoms in total. The van der Waals surface area contributed by atoms with Crippen molar-refractivity contribution < 1.29 is 19.0 Å². The third-order valence-electron chi connectivity index (χ3n) is 5.38. The number of aromatic nitrogens is 2. The maximum Gasteiger partial charge on any atom is 0.255 e. The first-order valence-electron chi connectivity index (χ1n) is 11.1. The number of carbonyl (C=O) groups is 1. The summed E-state index contributed by atoms with van der Waals surface area (Å²) < 4.78 is 15.6. The Morgan fingerprint density at radius 2 is 1.14 bits per heavy atom. The number of nitrogens with zero attached hydrogens (tertiary/aromatic N) is 2. The lowest BCUT2D eigenvalue weighted by molar-refractivity contribution is 0.102. The van der Waals surface area contributed by atoms with E-state index in [1.165, 1.54) is 0 Å². The van der Waals surface area contributed by atoms with Gasteiger partial charge in [0, 0.05) is 16.9 Å². The Morgan fingerprint density at radius 1 is 0.667 bits per heavy atom. The van der Waals surface area contributed by atoms with Crippen molar-refractivity contribution in [2.24, 2.45) is 0 Å². The number of benzene rings is 3. The van der Waals surface area contributed by atoms with Crippen LogP contribution in [0.3, 0.4) is 0 Å². The number of hydrogen-bond donors (Lipinski definition) is 3. The van der Waals surface area contributed by atoms with E-state index < -0.39 is 0 Å². The number of ether oxygens (including phenoxy) is 3. The first-order chi connectivity index (χ1) is 17.5. The van der Waals surface area contributed by atoms with Crippen molar-refractivity contribution >= 4 is 34.7 Å². The summed E-state index contributed by atoms with van der Waals surface area (Å²) in [7, 11) is 4.81. The Balaban J connectivity index is 1.65. The number of rotatable bonds is 9. The minimum Gasteiger partial charge on any atom is -0.497 e. The lowest BCUT2D eigenvalue weighted by atomic mass is 10.2. The highest BCUT2D eigenvalue weighted by molar-refractivity contribution is 6.06. The van der Waals surface area contributed by atoms with Crippen LogP contribution in [0.1, 0.15) is 16.1 Å². The molecule has 4 aromatic rings. The quantitative estimate of drug-likeness (QED) is 0.283. The minimum absolute atomic E-state index is 0.294. The lowest BCUT2D eigenvalue weighted by Crippen LogP contribution is -2.16. The van der Waals surface area contributed by atoms with Crippen molar-refractivity contribution in [2.75, 3.05) is 37.3 Å². The molecule has 36 heavy (non-hydrogen) atoms. The van der Waals surface area contributed by atoms with Crippen LogP contribution in [-0.4, -0.2) is 37.2 Å². The zero-order valence-corrected chi connectivity index (χ0v) is 20.5. The van der Waals surface area contributed by atoms with E-state index in [0.717, 1.165) is 22.9 Å². The van der Waals surface area contributed by atoms with Gasteiger partial charge in [-0.15, -0.1) is 0 Å². The van der Waals surface area contributed by atoms with Gasteiger partial charge in [-0.25, -0.2) is 4.98 Å². The summed E-state index contributed by atoms with van der Waals surface area (Å²) in [6.07, 6.45) is 0. The average molecular weight is 486 g/mol. The Kier molecular flexibility index (Phi) is 7.50. The Bertz CT molecular complexity index is 1320. The molecule has 184 valence electrons. The minimum atomic E-state index is -0.294. The first-order valence-corrected chi connectivity index (χ1v) is 11.1. The molecule has 0 saturated carbocycles. The second-order valence-corrected chi connectivity index (χ2v) is 7.75. The summed E-state index contributed by atoms with van der Waals surface area (Å²) in [4.78, 5) is 22.2. The van der Waals surface area contributed by atoms with Gasteiger partial charge < -0.3 is 30.2 Å². The molecule has 4 rings (SSSR count). The number of nitrogens with one attached hydrogen (secondary N) is 3. The van der Waals surface area contributed by atoms with Crippen molar-refractivity contribution in [1.29, 1.82) is 0 Å². The van der Waals surface area contributed by atoms with Gasteiger partial charge in [0.2, 0.25) is 5.95 Å². The Morgan fingerprint density at radius 3 is 1.64 bits per heavy atom. The molecule has 3 aromatic carbocycles. The number of amides is 1. The van der Waals surface area contributed by atoms with Gasteiger partial charge in [-0.1, -0.05) is 0 Å². The molecule has 0 bridgehead atoms. The highest BCUT2D eigenvalue weighted by Gasteiger charge is 2.17. The van der Waals surface area contributed by atoms with E-state index in [9.17, 15) is 4.79 Å². The summed E-state index contributed by atoms with van der Waals surface area (Å²) in [5.41, 5.74) is 3.08. The summed E-state index contributed by atoms with van der Waals surface area (Å²) in [5, 5.41) is 9.43. The molecule has 0 aliphatic heterocycles. The highest BCUT2D eigenvalue weighted by Crippen LogP contribution is 2.30. The molecule has 0 saturated heterocycles. The lowest BCUT2D eigenvalue weighted by Gasteiger charge is -2.17. The number of aryl methyl sites for hydroxylation is 1. The van der Waals surface area contributed by atoms with E-state index in [1.54, 1.807) is 45.6 Å². The van der Waals surface area contributed by atoms with Crippen LogP contribution in [0, 0.1) is 6.92 Å². The van der Waals surface area contributed by atoms with E-state index >= 15 is 0 Å². The van der Waals surface area contributed by atoms with Gasteiger partial charge in [-0.3, -0.25) is 4.79 Å². The predicted octanol–water partition coefficient (Wildman–Crippen LogP) is 5.55. The molecule has 1 heterocycles. The van der Waals surface area contributed by atoms with Crippen molar-refractivity contribution in [2.45, 2.75) is 6.92 Å². The molecule has 0 spiro atoms. The summed E-state index contributed by atoms with van der Waals surface area (Å²) in [6.45, 7) is 1.81. The van der Waals surface area contributed by atoms with Crippen molar-refractivity contribution in [3.05, 3.63) is 84.1 Å². The third kappa shape index (κ3) is 5.82. The van der Waals surface area contributed by atoms with Crippen LogP contribution in [0.25, 0.3) is 0 Å². The largest absolute Gasteiger partial charge is 0.497 e. The summed E-state index contributed by atoms with van der Waals surface area (Å²) in [5.74, 6) is 2.66. The maximum atomic E-state index is 13.0. The van der Waals surface area contributed by atoms with Crippen LogP contribution in [0.2, 0.25) is 0 Å². The smallest absolute Gasteiger partial charge is 0.255 e. The van der Waals surface area contributed by atoms with Gasteiger partial charge in [-0.05, 0) is 79.7 Å². The molecule has 1 amide bonds. The van der Waals surface area contributed by atoms with Crippen molar-refractivity contribution in [3.8, 4) is 17.2 Å². The van der Waals surface area contributed by atoms with E-state index in [4.69, 9.17) is 14.2 Å². The second-order valence-electron chi connectivity index (χ2n) is 7.75. The standard InChI is InChI=1S/C27H27N5O4/c1-17-24(31-26(33)18-5-11-21(34-2)12-6-18)25(29-19-7-13-22(35-3)14-8-19)32-27(28-17)30-20-9-15-23(36-4)16-10-20/h5-16H,1-4H3,(H,31,33)(H2,28,29,30,32). The van der Waals surface area contributed by atoms with Crippen LogP contribution in [0.5, 0.6) is 17.2 Å². The van der Waals surface area contributed by atoms with Crippen LogP contribution in [-0.2, 0) is 0 Å². The molecule has 0 aliphatic rings. The molecule has 9 heteroatoms. The van der Waals surface area contributed by atoms with Gasteiger partial charge in [0.25, 0.3) is 5.91 Å². The van der Waals surface area contributed by atoms with Crippen LogP contribution in [0.15, 0.2) is 72.8 Å². The SMILES string of the molecule is COc1ccc(Nc2nc(C)c(NC(=O)c3ccc(OC)cc3)c(Nc3ccc(OC)cc3)n2)cc1.